The molecular formula is C15H30N4OS. The second-order valence-corrected chi connectivity index (χ2v) is 7.47. The predicted octanol–water partition coefficient (Wildman–Crippen LogP) is 0.224. The molecule has 2 aliphatic heterocycles. The van der Waals surface area contributed by atoms with E-state index in [4.69, 9.17) is 0 Å². The van der Waals surface area contributed by atoms with Crippen molar-refractivity contribution in [2.75, 3.05) is 58.3 Å². The van der Waals surface area contributed by atoms with Crippen LogP contribution in [0.1, 0.15) is 19.3 Å². The summed E-state index contributed by atoms with van der Waals surface area (Å²) in [7, 11) is 4.33. The average Bonchev–Trinajstić information content (AvgIpc) is 2.49. The lowest BCUT2D eigenvalue weighted by atomic mass is 10.0. The molecule has 1 amide bonds. The summed E-state index contributed by atoms with van der Waals surface area (Å²) in [6.07, 6.45) is 3.10. The minimum absolute atomic E-state index is 0.193. The number of amides is 1. The molecule has 2 saturated heterocycles. The number of nitrogens with zero attached hydrogens (tertiary/aromatic N) is 2. The van der Waals surface area contributed by atoms with Crippen molar-refractivity contribution in [3.63, 3.8) is 0 Å². The fraction of sp³-hybridized carbons (Fsp3) is 0.933. The van der Waals surface area contributed by atoms with Crippen LogP contribution in [0, 0.1) is 0 Å². The molecule has 2 heterocycles. The number of carbonyl (C=O) groups excluding carboxylic acids is 1. The molecule has 2 N–H and O–H groups in total. The van der Waals surface area contributed by atoms with E-state index in [1.165, 1.54) is 18.6 Å². The quantitative estimate of drug-likeness (QED) is 0.735. The highest BCUT2D eigenvalue weighted by atomic mass is 32.2. The van der Waals surface area contributed by atoms with Gasteiger partial charge < -0.3 is 20.4 Å². The zero-order valence-corrected chi connectivity index (χ0v) is 14.3. The van der Waals surface area contributed by atoms with Crippen LogP contribution in [-0.4, -0.2) is 86.1 Å². The molecule has 0 radical (unpaired) electrons. The van der Waals surface area contributed by atoms with Crippen molar-refractivity contribution in [1.29, 1.82) is 0 Å². The molecule has 1 atom stereocenters. The molecule has 0 aliphatic carbocycles. The van der Waals surface area contributed by atoms with Gasteiger partial charge in [0.15, 0.2) is 0 Å². The van der Waals surface area contributed by atoms with Gasteiger partial charge in [-0.1, -0.05) is 0 Å². The van der Waals surface area contributed by atoms with Crippen LogP contribution in [0.3, 0.4) is 0 Å². The summed E-state index contributed by atoms with van der Waals surface area (Å²) >= 11 is 1.94. The van der Waals surface area contributed by atoms with Crippen LogP contribution >= 0.6 is 11.8 Å². The monoisotopic (exact) mass is 314 g/mol. The summed E-state index contributed by atoms with van der Waals surface area (Å²) in [6, 6.07) is 1.09. The Balaban J connectivity index is 1.54. The standard InChI is InChI=1S/C15H30N4OS/c1-18(2)14-3-7-19(8-4-14)9-5-17-15(20)11-13-12-21-10-6-16-13/h13-14,16H,3-12H2,1-2H3,(H,17,20). The van der Waals surface area contributed by atoms with E-state index < -0.39 is 0 Å². The lowest BCUT2D eigenvalue weighted by molar-refractivity contribution is -0.121. The molecule has 2 fully saturated rings. The van der Waals surface area contributed by atoms with Gasteiger partial charge in [-0.05, 0) is 40.0 Å². The van der Waals surface area contributed by atoms with Gasteiger partial charge in [0.2, 0.25) is 5.91 Å². The van der Waals surface area contributed by atoms with E-state index in [2.05, 4.69) is 34.5 Å². The van der Waals surface area contributed by atoms with E-state index in [0.29, 0.717) is 12.5 Å². The number of thioether (sulfide) groups is 1. The lowest BCUT2D eigenvalue weighted by Gasteiger charge is -2.35. The molecule has 21 heavy (non-hydrogen) atoms. The van der Waals surface area contributed by atoms with Crippen LogP contribution in [0.5, 0.6) is 0 Å². The highest BCUT2D eigenvalue weighted by Crippen LogP contribution is 2.13. The Bertz CT molecular complexity index is 313. The van der Waals surface area contributed by atoms with Gasteiger partial charge in [-0.25, -0.2) is 0 Å². The van der Waals surface area contributed by atoms with Gasteiger partial charge in [0.25, 0.3) is 0 Å². The molecule has 122 valence electrons. The van der Waals surface area contributed by atoms with E-state index in [1.54, 1.807) is 0 Å². The minimum Gasteiger partial charge on any atom is -0.355 e. The first kappa shape index (κ1) is 17.1. The van der Waals surface area contributed by atoms with Crippen molar-refractivity contribution in [3.8, 4) is 0 Å². The largest absolute Gasteiger partial charge is 0.355 e. The van der Waals surface area contributed by atoms with Gasteiger partial charge in [0, 0.05) is 49.6 Å². The van der Waals surface area contributed by atoms with Crippen LogP contribution in [0.2, 0.25) is 0 Å². The number of likely N-dealkylation sites (tertiary alicyclic amines) is 1. The Hall–Kier alpha value is -0.300. The fourth-order valence-electron chi connectivity index (χ4n) is 3.06. The first-order valence-electron chi connectivity index (χ1n) is 8.12. The van der Waals surface area contributed by atoms with Gasteiger partial charge >= 0.3 is 0 Å². The number of hydrogen-bond donors (Lipinski definition) is 2. The van der Waals surface area contributed by atoms with Gasteiger partial charge in [-0.3, -0.25) is 4.79 Å². The van der Waals surface area contributed by atoms with E-state index in [-0.39, 0.29) is 5.91 Å². The lowest BCUT2D eigenvalue weighted by Crippen LogP contribution is -2.45. The zero-order valence-electron chi connectivity index (χ0n) is 13.4. The molecule has 0 aromatic carbocycles. The summed E-state index contributed by atoms with van der Waals surface area (Å²) in [5.74, 6) is 2.42. The average molecular weight is 314 g/mol. The maximum Gasteiger partial charge on any atom is 0.221 e. The third-order valence-corrected chi connectivity index (χ3v) is 5.60. The molecule has 0 spiro atoms. The van der Waals surface area contributed by atoms with Gasteiger partial charge in [-0.2, -0.15) is 11.8 Å². The van der Waals surface area contributed by atoms with E-state index in [1.807, 2.05) is 11.8 Å². The third-order valence-electron chi connectivity index (χ3n) is 4.47. The van der Waals surface area contributed by atoms with Crippen LogP contribution in [-0.2, 0) is 4.79 Å². The molecule has 6 heteroatoms. The maximum absolute atomic E-state index is 11.9. The highest BCUT2D eigenvalue weighted by Gasteiger charge is 2.20. The molecule has 0 aromatic rings. The van der Waals surface area contributed by atoms with E-state index >= 15 is 0 Å². The van der Waals surface area contributed by atoms with E-state index in [9.17, 15) is 4.79 Å². The Morgan fingerprint density at radius 1 is 1.38 bits per heavy atom. The molecule has 0 bridgehead atoms. The van der Waals surface area contributed by atoms with Crippen LogP contribution in [0.15, 0.2) is 0 Å². The Morgan fingerprint density at radius 3 is 2.76 bits per heavy atom. The summed E-state index contributed by atoms with van der Waals surface area (Å²) in [5, 5.41) is 6.48. The summed E-state index contributed by atoms with van der Waals surface area (Å²) in [6.45, 7) is 5.10. The van der Waals surface area contributed by atoms with Crippen molar-refractivity contribution in [1.82, 2.24) is 20.4 Å². The second-order valence-electron chi connectivity index (χ2n) is 6.32. The second kappa shape index (κ2) is 8.98. The zero-order chi connectivity index (χ0) is 15.1. The Kier molecular flexibility index (Phi) is 7.29. The normalized spacial score (nSPS) is 25.2. The number of nitrogens with one attached hydrogen (secondary N) is 2. The number of carbonyl (C=O) groups is 1. The minimum atomic E-state index is 0.193. The van der Waals surface area contributed by atoms with Crippen molar-refractivity contribution in [2.24, 2.45) is 0 Å². The number of hydrogen-bond acceptors (Lipinski definition) is 5. The smallest absolute Gasteiger partial charge is 0.221 e. The summed E-state index contributed by atoms with van der Waals surface area (Å²) in [4.78, 5) is 16.7. The van der Waals surface area contributed by atoms with Crippen molar-refractivity contribution < 1.29 is 4.79 Å². The van der Waals surface area contributed by atoms with Crippen molar-refractivity contribution >= 4 is 17.7 Å². The Morgan fingerprint density at radius 2 is 2.14 bits per heavy atom. The van der Waals surface area contributed by atoms with Crippen molar-refractivity contribution in [2.45, 2.75) is 31.3 Å². The van der Waals surface area contributed by atoms with Crippen LogP contribution in [0.4, 0.5) is 0 Å². The van der Waals surface area contributed by atoms with Gasteiger partial charge in [0.1, 0.15) is 0 Å². The van der Waals surface area contributed by atoms with Gasteiger partial charge in [0.05, 0.1) is 0 Å². The van der Waals surface area contributed by atoms with Gasteiger partial charge in [-0.15, -0.1) is 0 Å². The molecule has 2 rings (SSSR count). The van der Waals surface area contributed by atoms with Crippen LogP contribution < -0.4 is 10.6 Å². The summed E-state index contributed by atoms with van der Waals surface area (Å²) in [5.41, 5.74) is 0. The number of rotatable bonds is 6. The third kappa shape index (κ3) is 6.14. The number of piperidine rings is 1. The maximum atomic E-state index is 11.9. The molecular weight excluding hydrogens is 284 g/mol. The van der Waals surface area contributed by atoms with Crippen LogP contribution in [0.25, 0.3) is 0 Å². The molecule has 0 saturated carbocycles. The predicted molar refractivity (Wildman–Crippen MR) is 89.9 cm³/mol. The molecule has 5 nitrogen and oxygen atoms in total. The first-order valence-corrected chi connectivity index (χ1v) is 9.27. The SMILES string of the molecule is CN(C)C1CCN(CCNC(=O)CC2CSCCN2)CC1. The summed E-state index contributed by atoms with van der Waals surface area (Å²) < 4.78 is 0. The molecule has 2 aliphatic rings. The van der Waals surface area contributed by atoms with E-state index in [0.717, 1.165) is 44.5 Å². The molecule has 1 unspecified atom stereocenters. The Labute approximate surface area is 133 Å². The molecule has 0 aromatic heterocycles. The van der Waals surface area contributed by atoms with Crippen molar-refractivity contribution in [3.05, 3.63) is 0 Å². The fourth-order valence-corrected chi connectivity index (χ4v) is 4.01. The first-order chi connectivity index (χ1) is 10.1. The highest BCUT2D eigenvalue weighted by molar-refractivity contribution is 7.99. The topological polar surface area (TPSA) is 47.6 Å².